The quantitative estimate of drug-likeness (QED) is 0.404. The molecule has 0 bridgehead atoms. The molecule has 10 nitrogen and oxygen atoms in total. The Balaban J connectivity index is 1.30. The average molecular weight is 608 g/mol. The maximum Gasteiger partial charge on any atom is 0.252 e. The molecule has 0 aromatic carbocycles. The van der Waals surface area contributed by atoms with Crippen molar-refractivity contribution < 1.29 is 21.6 Å². The maximum absolute atomic E-state index is 13.3. The molecule has 2 fully saturated rings. The third kappa shape index (κ3) is 6.95. The number of sulfone groups is 1. The molecule has 1 aromatic rings. The normalized spacial score (nSPS) is 22.2. The van der Waals surface area contributed by atoms with Crippen LogP contribution in [-0.2, 0) is 24.7 Å². The molecule has 3 aliphatic rings. The van der Waals surface area contributed by atoms with Gasteiger partial charge in [-0.1, -0.05) is 30.9 Å². The fraction of sp³-hybridized carbons (Fsp3) is 0.444. The van der Waals surface area contributed by atoms with E-state index in [1.54, 1.807) is 41.4 Å². The van der Waals surface area contributed by atoms with E-state index in [1.165, 1.54) is 22.6 Å². The maximum atomic E-state index is 13.3. The average Bonchev–Trinajstić information content (AvgIpc) is 3.46. The molecule has 13 heteroatoms. The number of piperidine rings is 1. The number of allylic oxidation sites excluding steroid dienone is 4. The Morgan fingerprint density at radius 2 is 1.70 bits per heavy atom. The monoisotopic (exact) mass is 607 g/mol. The van der Waals surface area contributed by atoms with E-state index in [0.29, 0.717) is 31.8 Å². The number of thiophene rings is 1. The molecule has 218 valence electrons. The molecule has 4 N–H and O–H groups in total. The van der Waals surface area contributed by atoms with E-state index >= 15 is 0 Å². The first kappa shape index (κ1) is 30.3. The number of amides is 1. The van der Waals surface area contributed by atoms with Crippen molar-refractivity contribution in [3.63, 3.8) is 0 Å². The second kappa shape index (κ2) is 12.9. The first-order valence-corrected chi connectivity index (χ1v) is 17.0. The fourth-order valence-electron chi connectivity index (χ4n) is 5.17. The molecular formula is C27H37N5O5S3. The lowest BCUT2D eigenvalue weighted by Crippen LogP contribution is -2.52. The van der Waals surface area contributed by atoms with E-state index in [4.69, 9.17) is 11.5 Å². The molecule has 0 radical (unpaired) electrons. The van der Waals surface area contributed by atoms with Gasteiger partial charge in [-0.15, -0.1) is 11.3 Å². The van der Waals surface area contributed by atoms with Gasteiger partial charge in [0.2, 0.25) is 5.91 Å². The summed E-state index contributed by atoms with van der Waals surface area (Å²) < 4.78 is 53.9. The molecule has 40 heavy (non-hydrogen) atoms. The Hall–Kier alpha value is -2.71. The standard InChI is InChI=1S/C27H37N5O5S3/c1-21(29)19-22(9-12-28)20-30-13-10-23(11-14-30)27(33)31-15-17-32(18-16-31)40(36,37)26-8-7-25(38-26)39(34,35)24-5-3-2-4-6-24/h2-5,7-9,12,19,23-24H,1,6,10-11,13-18,20,28-29H2/b12-9-,22-19+. The van der Waals surface area contributed by atoms with E-state index in [2.05, 4.69) is 11.5 Å². The molecule has 1 unspecified atom stereocenters. The fourth-order valence-corrected chi connectivity index (χ4v) is 10.3. The van der Waals surface area contributed by atoms with Gasteiger partial charge in [-0.2, -0.15) is 4.31 Å². The van der Waals surface area contributed by atoms with Gasteiger partial charge in [-0.3, -0.25) is 9.69 Å². The summed E-state index contributed by atoms with van der Waals surface area (Å²) in [6, 6.07) is 2.75. The molecule has 0 saturated carbocycles. The van der Waals surface area contributed by atoms with E-state index in [0.717, 1.165) is 42.8 Å². The van der Waals surface area contributed by atoms with Gasteiger partial charge in [0.15, 0.2) is 9.84 Å². The Kier molecular flexibility index (Phi) is 9.72. The van der Waals surface area contributed by atoms with Crippen molar-refractivity contribution in [3.8, 4) is 0 Å². The van der Waals surface area contributed by atoms with Crippen LogP contribution in [-0.4, -0.2) is 87.9 Å². The number of piperazine rings is 1. The Labute approximate surface area is 241 Å². The van der Waals surface area contributed by atoms with Gasteiger partial charge in [0.05, 0.1) is 5.25 Å². The van der Waals surface area contributed by atoms with Crippen LogP contribution in [0.4, 0.5) is 0 Å². The Morgan fingerprint density at radius 3 is 2.30 bits per heavy atom. The van der Waals surface area contributed by atoms with Gasteiger partial charge >= 0.3 is 0 Å². The van der Waals surface area contributed by atoms with Crippen LogP contribution >= 0.6 is 11.3 Å². The number of carbonyl (C=O) groups is 1. The van der Waals surface area contributed by atoms with Crippen LogP contribution in [0, 0.1) is 5.92 Å². The number of nitrogens with zero attached hydrogens (tertiary/aromatic N) is 3. The number of rotatable bonds is 9. The van der Waals surface area contributed by atoms with Gasteiger partial charge in [0.1, 0.15) is 8.42 Å². The van der Waals surface area contributed by atoms with Crippen LogP contribution in [0.3, 0.4) is 0 Å². The molecule has 4 rings (SSSR count). The third-order valence-corrected chi connectivity index (χ3v) is 13.4. The SMILES string of the molecule is C=C(N)/C=C(\C=C/N)CN1CCC(C(=O)N2CCN(S(=O)(=O)c3ccc(S(=O)(=O)C4C=CC=CC4)s3)CC2)CC1. The van der Waals surface area contributed by atoms with Crippen LogP contribution in [0.15, 0.2) is 81.1 Å². The summed E-state index contributed by atoms with van der Waals surface area (Å²) in [5.41, 5.74) is 12.7. The summed E-state index contributed by atoms with van der Waals surface area (Å²) in [7, 11) is -7.53. The molecule has 1 aromatic heterocycles. The number of hydrogen-bond donors (Lipinski definition) is 2. The molecule has 1 amide bonds. The van der Waals surface area contributed by atoms with E-state index < -0.39 is 25.1 Å². The minimum atomic E-state index is -3.86. The van der Waals surface area contributed by atoms with E-state index in [1.807, 2.05) is 0 Å². The highest BCUT2D eigenvalue weighted by Crippen LogP contribution is 2.32. The topological polar surface area (TPSA) is 147 Å². The van der Waals surface area contributed by atoms with Gasteiger partial charge in [0, 0.05) is 44.3 Å². The van der Waals surface area contributed by atoms with Crippen LogP contribution in [0.2, 0.25) is 0 Å². The van der Waals surface area contributed by atoms with Gasteiger partial charge in [-0.05, 0) is 68.4 Å². The van der Waals surface area contributed by atoms with Crippen molar-refractivity contribution in [2.45, 2.75) is 32.9 Å². The van der Waals surface area contributed by atoms with Crippen LogP contribution in [0.5, 0.6) is 0 Å². The second-order valence-corrected chi connectivity index (χ2v) is 15.8. The van der Waals surface area contributed by atoms with Gasteiger partial charge in [0.25, 0.3) is 10.0 Å². The highest BCUT2D eigenvalue weighted by Gasteiger charge is 2.36. The summed E-state index contributed by atoms with van der Waals surface area (Å²) in [6.45, 7) is 6.85. The van der Waals surface area contributed by atoms with Gasteiger partial charge in [-0.25, -0.2) is 16.8 Å². The van der Waals surface area contributed by atoms with E-state index in [-0.39, 0.29) is 33.3 Å². The molecular weight excluding hydrogens is 571 g/mol. The molecule has 2 saturated heterocycles. The third-order valence-electron chi connectivity index (χ3n) is 7.35. The zero-order chi connectivity index (χ0) is 28.9. The van der Waals surface area contributed by atoms with Crippen molar-refractivity contribution in [2.24, 2.45) is 17.4 Å². The summed E-state index contributed by atoms with van der Waals surface area (Å²) in [5.74, 6) is -0.0427. The number of sulfonamides is 1. The van der Waals surface area contributed by atoms with Crippen molar-refractivity contribution in [2.75, 3.05) is 45.8 Å². The van der Waals surface area contributed by atoms with Crippen molar-refractivity contribution in [1.82, 2.24) is 14.1 Å². The van der Waals surface area contributed by atoms with E-state index in [9.17, 15) is 21.6 Å². The minimum absolute atomic E-state index is 0.00432. The van der Waals surface area contributed by atoms with Crippen molar-refractivity contribution >= 4 is 37.1 Å². The Bertz CT molecular complexity index is 1430. The molecule has 1 atom stereocenters. The molecule has 3 heterocycles. The Morgan fingerprint density at radius 1 is 1.02 bits per heavy atom. The largest absolute Gasteiger partial charge is 0.405 e. The number of carbonyl (C=O) groups excluding carboxylic acids is 1. The summed E-state index contributed by atoms with van der Waals surface area (Å²) >= 11 is 0.787. The predicted molar refractivity (Wildman–Crippen MR) is 157 cm³/mol. The second-order valence-electron chi connectivity index (χ2n) is 10.1. The zero-order valence-electron chi connectivity index (χ0n) is 22.4. The van der Waals surface area contributed by atoms with Crippen molar-refractivity contribution in [1.29, 1.82) is 0 Å². The lowest BCUT2D eigenvalue weighted by Gasteiger charge is -2.38. The summed E-state index contributed by atoms with van der Waals surface area (Å²) in [6.07, 6.45) is 13.7. The molecule has 2 aliphatic heterocycles. The first-order chi connectivity index (χ1) is 19.0. The van der Waals surface area contributed by atoms with Crippen LogP contribution < -0.4 is 11.5 Å². The summed E-state index contributed by atoms with van der Waals surface area (Å²) in [5, 5.41) is -0.694. The summed E-state index contributed by atoms with van der Waals surface area (Å²) in [4.78, 5) is 17.2. The highest BCUT2D eigenvalue weighted by atomic mass is 32.3. The van der Waals surface area contributed by atoms with Gasteiger partial charge < -0.3 is 16.4 Å². The zero-order valence-corrected chi connectivity index (χ0v) is 24.8. The van der Waals surface area contributed by atoms with Crippen molar-refractivity contribution in [3.05, 3.63) is 72.6 Å². The first-order valence-electron chi connectivity index (χ1n) is 13.2. The molecule has 1 aliphatic carbocycles. The minimum Gasteiger partial charge on any atom is -0.405 e. The predicted octanol–water partition coefficient (Wildman–Crippen LogP) is 1.82. The van der Waals surface area contributed by atoms with Crippen LogP contribution in [0.25, 0.3) is 0 Å². The highest BCUT2D eigenvalue weighted by molar-refractivity contribution is 7.95. The number of nitrogens with two attached hydrogens (primary N) is 2. The van der Waals surface area contributed by atoms with Crippen LogP contribution in [0.1, 0.15) is 19.3 Å². The lowest BCUT2D eigenvalue weighted by atomic mass is 9.94. The lowest BCUT2D eigenvalue weighted by molar-refractivity contribution is -0.138. The number of hydrogen-bond acceptors (Lipinski definition) is 9. The molecule has 0 spiro atoms. The smallest absolute Gasteiger partial charge is 0.252 e. The number of likely N-dealkylation sites (tertiary alicyclic amines) is 1.